The highest BCUT2D eigenvalue weighted by Gasteiger charge is 2.15. The monoisotopic (exact) mass is 354 g/mol. The average molecular weight is 354 g/mol. The van der Waals surface area contributed by atoms with Gasteiger partial charge in [0.15, 0.2) is 5.52 Å². The van der Waals surface area contributed by atoms with Gasteiger partial charge >= 0.3 is 0 Å². The second-order valence-corrected chi connectivity index (χ2v) is 6.44. The van der Waals surface area contributed by atoms with E-state index in [1.807, 2.05) is 38.1 Å². The SMILES string of the molecule is Cc1ccc(CNC(=O)CCCn2nc(C)c3c(C)onc3c2=O)cc1. The van der Waals surface area contributed by atoms with E-state index in [2.05, 4.69) is 15.6 Å². The molecule has 0 unspecified atom stereocenters. The number of carbonyl (C=O) groups excluding carboxylic acids is 1. The first-order valence-electron chi connectivity index (χ1n) is 8.61. The summed E-state index contributed by atoms with van der Waals surface area (Å²) in [6, 6.07) is 8.03. The molecule has 136 valence electrons. The number of benzene rings is 1. The first-order chi connectivity index (χ1) is 12.5. The Balaban J connectivity index is 1.55. The van der Waals surface area contributed by atoms with Gasteiger partial charge in [0, 0.05) is 19.5 Å². The lowest BCUT2D eigenvalue weighted by molar-refractivity contribution is -0.121. The standard InChI is InChI=1S/C19H22N4O3/c1-12-6-8-15(9-7-12)11-20-16(24)5-4-10-23-19(25)18-17(13(2)21-23)14(3)26-22-18/h6-9H,4-5,10-11H2,1-3H3,(H,20,24). The van der Waals surface area contributed by atoms with Crippen molar-refractivity contribution in [1.82, 2.24) is 20.3 Å². The molecule has 3 rings (SSSR count). The van der Waals surface area contributed by atoms with Gasteiger partial charge < -0.3 is 9.84 Å². The number of aromatic nitrogens is 3. The van der Waals surface area contributed by atoms with Crippen molar-refractivity contribution < 1.29 is 9.32 Å². The summed E-state index contributed by atoms with van der Waals surface area (Å²) in [5.41, 5.74) is 2.94. The molecule has 1 aromatic carbocycles. The number of hydrogen-bond donors (Lipinski definition) is 1. The Hall–Kier alpha value is -2.96. The summed E-state index contributed by atoms with van der Waals surface area (Å²) in [5, 5.41) is 11.7. The molecule has 0 aliphatic rings. The van der Waals surface area contributed by atoms with E-state index in [0.717, 1.165) is 5.56 Å². The van der Waals surface area contributed by atoms with Gasteiger partial charge in [-0.3, -0.25) is 9.59 Å². The molecule has 0 saturated heterocycles. The second-order valence-electron chi connectivity index (χ2n) is 6.44. The molecule has 0 aliphatic carbocycles. The fourth-order valence-electron chi connectivity index (χ4n) is 2.88. The van der Waals surface area contributed by atoms with E-state index in [0.29, 0.717) is 48.3 Å². The zero-order valence-corrected chi connectivity index (χ0v) is 15.2. The summed E-state index contributed by atoms with van der Waals surface area (Å²) in [6.45, 7) is 6.46. The van der Waals surface area contributed by atoms with E-state index in [9.17, 15) is 9.59 Å². The maximum absolute atomic E-state index is 12.4. The molecule has 1 amide bonds. The van der Waals surface area contributed by atoms with Crippen LogP contribution in [-0.4, -0.2) is 20.8 Å². The maximum atomic E-state index is 12.4. The van der Waals surface area contributed by atoms with Crippen LogP contribution in [0.3, 0.4) is 0 Å². The Kier molecular flexibility index (Phi) is 5.16. The third kappa shape index (κ3) is 3.82. The van der Waals surface area contributed by atoms with Crippen molar-refractivity contribution in [2.75, 3.05) is 0 Å². The lowest BCUT2D eigenvalue weighted by atomic mass is 10.1. The van der Waals surface area contributed by atoms with Crippen LogP contribution in [0.15, 0.2) is 33.6 Å². The van der Waals surface area contributed by atoms with Crippen LogP contribution in [-0.2, 0) is 17.9 Å². The van der Waals surface area contributed by atoms with Crippen molar-refractivity contribution in [2.45, 2.75) is 46.7 Å². The normalized spacial score (nSPS) is 11.0. The molecule has 0 aliphatic heterocycles. The Bertz CT molecular complexity index is 986. The zero-order valence-electron chi connectivity index (χ0n) is 15.2. The highest BCUT2D eigenvalue weighted by atomic mass is 16.5. The molecule has 7 nitrogen and oxygen atoms in total. The minimum absolute atomic E-state index is 0.0475. The maximum Gasteiger partial charge on any atom is 0.296 e. The first kappa shape index (κ1) is 17.8. The second kappa shape index (κ2) is 7.51. The van der Waals surface area contributed by atoms with E-state index in [1.165, 1.54) is 10.2 Å². The summed E-state index contributed by atoms with van der Waals surface area (Å²) in [4.78, 5) is 24.4. The van der Waals surface area contributed by atoms with Gasteiger partial charge in [-0.05, 0) is 32.8 Å². The summed E-state index contributed by atoms with van der Waals surface area (Å²) >= 11 is 0. The van der Waals surface area contributed by atoms with E-state index in [4.69, 9.17) is 4.52 Å². The quantitative estimate of drug-likeness (QED) is 0.734. The molecule has 2 heterocycles. The fourth-order valence-corrected chi connectivity index (χ4v) is 2.88. The van der Waals surface area contributed by atoms with Gasteiger partial charge in [-0.2, -0.15) is 5.10 Å². The molecular weight excluding hydrogens is 332 g/mol. The number of carbonyl (C=O) groups is 1. The summed E-state index contributed by atoms with van der Waals surface area (Å²) in [7, 11) is 0. The molecule has 0 radical (unpaired) electrons. The summed E-state index contributed by atoms with van der Waals surface area (Å²) < 4.78 is 6.44. The van der Waals surface area contributed by atoms with E-state index >= 15 is 0 Å². The van der Waals surface area contributed by atoms with Gasteiger partial charge in [0.2, 0.25) is 5.91 Å². The van der Waals surface area contributed by atoms with Crippen molar-refractivity contribution in [1.29, 1.82) is 0 Å². The third-order valence-electron chi connectivity index (χ3n) is 4.32. The molecule has 7 heteroatoms. The number of fused-ring (bicyclic) bond motifs is 1. The van der Waals surface area contributed by atoms with Crippen LogP contribution >= 0.6 is 0 Å². The van der Waals surface area contributed by atoms with Crippen molar-refractivity contribution in [2.24, 2.45) is 0 Å². The fraction of sp³-hybridized carbons (Fsp3) is 0.368. The van der Waals surface area contributed by atoms with Crippen LogP contribution < -0.4 is 10.9 Å². The average Bonchev–Trinajstić information content (AvgIpc) is 3.01. The summed E-state index contributed by atoms with van der Waals surface area (Å²) in [5.74, 6) is 0.540. The molecule has 2 aromatic heterocycles. The van der Waals surface area contributed by atoms with Gasteiger partial charge in [-0.15, -0.1) is 0 Å². The van der Waals surface area contributed by atoms with Crippen molar-refractivity contribution >= 4 is 16.8 Å². The van der Waals surface area contributed by atoms with Crippen LogP contribution in [0.2, 0.25) is 0 Å². The molecule has 1 N–H and O–H groups in total. The number of nitrogens with one attached hydrogen (secondary N) is 1. The molecule has 0 fully saturated rings. The van der Waals surface area contributed by atoms with E-state index in [1.54, 1.807) is 6.92 Å². The van der Waals surface area contributed by atoms with Crippen LogP contribution in [0.5, 0.6) is 0 Å². The Morgan fingerprint density at radius 3 is 2.65 bits per heavy atom. The summed E-state index contributed by atoms with van der Waals surface area (Å²) in [6.07, 6.45) is 0.851. The van der Waals surface area contributed by atoms with Crippen LogP contribution in [0.1, 0.15) is 35.4 Å². The van der Waals surface area contributed by atoms with Gasteiger partial charge in [0.1, 0.15) is 5.76 Å². The van der Waals surface area contributed by atoms with E-state index in [-0.39, 0.29) is 11.5 Å². The molecular formula is C19H22N4O3. The Morgan fingerprint density at radius 2 is 1.92 bits per heavy atom. The first-order valence-corrected chi connectivity index (χ1v) is 8.61. The smallest absolute Gasteiger partial charge is 0.296 e. The Labute approximate surface area is 151 Å². The third-order valence-corrected chi connectivity index (χ3v) is 4.32. The van der Waals surface area contributed by atoms with Crippen LogP contribution in [0.4, 0.5) is 0 Å². The van der Waals surface area contributed by atoms with Gasteiger partial charge in [0.25, 0.3) is 5.56 Å². The number of amides is 1. The highest BCUT2D eigenvalue weighted by molar-refractivity contribution is 5.81. The predicted molar refractivity (Wildman–Crippen MR) is 97.8 cm³/mol. The van der Waals surface area contributed by atoms with Crippen molar-refractivity contribution in [3.8, 4) is 0 Å². The molecule has 26 heavy (non-hydrogen) atoms. The minimum Gasteiger partial charge on any atom is -0.360 e. The highest BCUT2D eigenvalue weighted by Crippen LogP contribution is 2.16. The number of aryl methyl sites for hydroxylation is 4. The lowest BCUT2D eigenvalue weighted by Crippen LogP contribution is -2.26. The minimum atomic E-state index is -0.289. The Morgan fingerprint density at radius 1 is 1.19 bits per heavy atom. The van der Waals surface area contributed by atoms with Gasteiger partial charge in [-0.25, -0.2) is 4.68 Å². The van der Waals surface area contributed by atoms with Gasteiger partial charge in [-0.1, -0.05) is 35.0 Å². The number of rotatable bonds is 6. The van der Waals surface area contributed by atoms with Crippen LogP contribution in [0.25, 0.3) is 10.9 Å². The number of nitrogens with zero attached hydrogens (tertiary/aromatic N) is 3. The number of hydrogen-bond acceptors (Lipinski definition) is 5. The van der Waals surface area contributed by atoms with E-state index < -0.39 is 0 Å². The topological polar surface area (TPSA) is 90.0 Å². The zero-order chi connectivity index (χ0) is 18.7. The van der Waals surface area contributed by atoms with Crippen molar-refractivity contribution in [3.63, 3.8) is 0 Å². The van der Waals surface area contributed by atoms with Crippen LogP contribution in [0, 0.1) is 20.8 Å². The molecule has 0 spiro atoms. The van der Waals surface area contributed by atoms with Crippen molar-refractivity contribution in [3.05, 3.63) is 57.2 Å². The molecule has 0 bridgehead atoms. The lowest BCUT2D eigenvalue weighted by Gasteiger charge is -2.07. The predicted octanol–water partition coefficient (Wildman–Crippen LogP) is 2.41. The molecule has 0 atom stereocenters. The molecule has 0 saturated carbocycles. The van der Waals surface area contributed by atoms with Gasteiger partial charge in [0.05, 0.1) is 11.1 Å². The largest absolute Gasteiger partial charge is 0.360 e. The molecule has 3 aromatic rings.